The molecule has 1 fully saturated rings. The van der Waals surface area contributed by atoms with Crippen LogP contribution in [0.3, 0.4) is 0 Å². The molecule has 0 unspecified atom stereocenters. The maximum atomic E-state index is 13.0. The number of likely N-dealkylation sites (N-methyl/N-ethyl adjacent to an activating group) is 1. The number of fused-ring (bicyclic) bond motifs is 1. The number of methoxy groups -OCH3 is 1. The first-order chi connectivity index (χ1) is 13.9. The van der Waals surface area contributed by atoms with Crippen LogP contribution in [0.4, 0.5) is 0 Å². The van der Waals surface area contributed by atoms with Crippen LogP contribution in [0, 0.1) is 0 Å². The van der Waals surface area contributed by atoms with Crippen molar-refractivity contribution in [3.8, 4) is 0 Å². The molecule has 6 nitrogen and oxygen atoms in total. The number of Topliss-reactive ketones (excluding diaryl/α,β-unsaturated/α-hetero) is 1. The van der Waals surface area contributed by atoms with E-state index in [0.717, 1.165) is 42.1 Å². The summed E-state index contributed by atoms with van der Waals surface area (Å²) in [5, 5.41) is 1.13. The minimum Gasteiger partial charge on any atom is -0.465 e. The second kappa shape index (κ2) is 9.11. The second-order valence-corrected chi connectivity index (χ2v) is 8.31. The molecule has 1 amide bonds. The van der Waals surface area contributed by atoms with Gasteiger partial charge in [-0.3, -0.25) is 9.59 Å². The number of hydrogen-bond acceptors (Lipinski definition) is 4. The zero-order valence-corrected chi connectivity index (χ0v) is 18.8. The Balaban J connectivity index is 2.29. The van der Waals surface area contributed by atoms with Crippen LogP contribution in [0.1, 0.15) is 64.4 Å². The number of aromatic nitrogens is 1. The normalized spacial score (nSPS) is 14.8. The predicted molar refractivity (Wildman–Crippen MR) is 116 cm³/mol. The highest BCUT2D eigenvalue weighted by molar-refractivity contribution is 9.09. The van der Waals surface area contributed by atoms with E-state index < -0.39 is 5.97 Å². The Kier molecular flexibility index (Phi) is 6.77. The number of alkyl halides is 1. The number of esters is 1. The Morgan fingerprint density at radius 3 is 2.45 bits per heavy atom. The van der Waals surface area contributed by atoms with Crippen LogP contribution in [0.15, 0.2) is 18.2 Å². The van der Waals surface area contributed by atoms with Crippen molar-refractivity contribution in [2.45, 2.75) is 44.6 Å². The minimum absolute atomic E-state index is 0.0482. The van der Waals surface area contributed by atoms with Crippen molar-refractivity contribution in [2.24, 2.45) is 0 Å². The zero-order chi connectivity index (χ0) is 21.1. The highest BCUT2D eigenvalue weighted by atomic mass is 79.9. The third-order valence-electron chi connectivity index (χ3n) is 5.72. The summed E-state index contributed by atoms with van der Waals surface area (Å²) in [6.07, 6.45) is 5.54. The SMILES string of the molecule is COC(=O)c1ccc2c(C3CCCCC3)c(C(=O)CBr)n(CC(=O)N(C)C)c2c1. The first-order valence-corrected chi connectivity index (χ1v) is 11.0. The van der Waals surface area contributed by atoms with Gasteiger partial charge in [0.1, 0.15) is 6.54 Å². The molecule has 29 heavy (non-hydrogen) atoms. The number of nitrogens with zero attached hydrogens (tertiary/aromatic N) is 2. The Labute approximate surface area is 179 Å². The Morgan fingerprint density at radius 2 is 1.86 bits per heavy atom. The molecule has 0 atom stereocenters. The monoisotopic (exact) mass is 462 g/mol. The van der Waals surface area contributed by atoms with Gasteiger partial charge in [0, 0.05) is 19.5 Å². The summed E-state index contributed by atoms with van der Waals surface area (Å²) in [6, 6.07) is 5.37. The molecule has 156 valence electrons. The van der Waals surface area contributed by atoms with Crippen LogP contribution in [0.2, 0.25) is 0 Å². The summed E-state index contributed by atoms with van der Waals surface area (Å²) in [4.78, 5) is 39.2. The number of ketones is 1. The zero-order valence-electron chi connectivity index (χ0n) is 17.2. The molecule has 1 saturated carbocycles. The summed E-state index contributed by atoms with van der Waals surface area (Å²) < 4.78 is 6.66. The average Bonchev–Trinajstić information content (AvgIpc) is 3.06. The Hall–Kier alpha value is -2.15. The quantitative estimate of drug-likeness (QED) is 0.367. The van der Waals surface area contributed by atoms with Crippen molar-refractivity contribution < 1.29 is 19.1 Å². The predicted octanol–water partition coefficient (Wildman–Crippen LogP) is 4.14. The molecule has 0 bridgehead atoms. The number of carbonyl (C=O) groups is 3. The molecular weight excluding hydrogens is 436 g/mol. The van der Waals surface area contributed by atoms with Crippen LogP contribution >= 0.6 is 15.9 Å². The van der Waals surface area contributed by atoms with E-state index in [9.17, 15) is 14.4 Å². The summed E-state index contributed by atoms with van der Waals surface area (Å²) in [5.74, 6) is -0.313. The van der Waals surface area contributed by atoms with E-state index in [0.29, 0.717) is 11.3 Å². The van der Waals surface area contributed by atoms with Crippen molar-refractivity contribution >= 4 is 44.5 Å². The molecule has 1 aromatic carbocycles. The van der Waals surface area contributed by atoms with E-state index >= 15 is 0 Å². The maximum absolute atomic E-state index is 13.0. The lowest BCUT2D eigenvalue weighted by molar-refractivity contribution is -0.129. The first-order valence-electron chi connectivity index (χ1n) is 9.92. The van der Waals surface area contributed by atoms with Gasteiger partial charge in [-0.2, -0.15) is 0 Å². The lowest BCUT2D eigenvalue weighted by Crippen LogP contribution is -2.28. The molecule has 0 radical (unpaired) electrons. The van der Waals surface area contributed by atoms with Gasteiger partial charge in [0.25, 0.3) is 0 Å². The molecule has 1 aromatic heterocycles. The van der Waals surface area contributed by atoms with Gasteiger partial charge >= 0.3 is 5.97 Å². The lowest BCUT2D eigenvalue weighted by Gasteiger charge is -2.23. The van der Waals surface area contributed by atoms with Gasteiger partial charge in [-0.25, -0.2) is 4.79 Å². The molecule has 3 rings (SSSR count). The van der Waals surface area contributed by atoms with Crippen LogP contribution < -0.4 is 0 Å². The van der Waals surface area contributed by atoms with Crippen molar-refractivity contribution in [2.75, 3.05) is 26.5 Å². The Bertz CT molecular complexity index is 942. The average molecular weight is 463 g/mol. The largest absolute Gasteiger partial charge is 0.465 e. The molecule has 0 spiro atoms. The van der Waals surface area contributed by atoms with E-state index in [-0.39, 0.29) is 29.5 Å². The molecule has 1 aliphatic rings. The summed E-state index contributed by atoms with van der Waals surface area (Å²) in [7, 11) is 4.73. The second-order valence-electron chi connectivity index (χ2n) is 7.75. The highest BCUT2D eigenvalue weighted by Crippen LogP contribution is 2.40. The third kappa shape index (κ3) is 4.25. The smallest absolute Gasteiger partial charge is 0.337 e. The number of amides is 1. The number of halogens is 1. The highest BCUT2D eigenvalue weighted by Gasteiger charge is 2.30. The lowest BCUT2D eigenvalue weighted by atomic mass is 9.82. The first kappa shape index (κ1) is 21.6. The van der Waals surface area contributed by atoms with Gasteiger partial charge in [0.2, 0.25) is 5.91 Å². The molecule has 0 N–H and O–H groups in total. The number of hydrogen-bond donors (Lipinski definition) is 0. The van der Waals surface area contributed by atoms with Gasteiger partial charge in [-0.15, -0.1) is 0 Å². The third-order valence-corrected chi connectivity index (χ3v) is 6.23. The molecular formula is C22H27BrN2O4. The molecule has 7 heteroatoms. The van der Waals surface area contributed by atoms with Crippen molar-refractivity contribution in [1.82, 2.24) is 9.47 Å². The van der Waals surface area contributed by atoms with Gasteiger partial charge in [0.15, 0.2) is 5.78 Å². The molecule has 1 heterocycles. The van der Waals surface area contributed by atoms with Crippen LogP contribution in [-0.2, 0) is 16.1 Å². The molecule has 1 aliphatic carbocycles. The fraction of sp³-hybridized carbons (Fsp3) is 0.500. The van der Waals surface area contributed by atoms with Gasteiger partial charge < -0.3 is 14.2 Å². The van der Waals surface area contributed by atoms with Gasteiger partial charge in [-0.1, -0.05) is 41.3 Å². The van der Waals surface area contributed by atoms with Crippen LogP contribution in [-0.4, -0.2) is 53.7 Å². The summed E-state index contributed by atoms with van der Waals surface area (Å²) in [6.45, 7) is 0.0505. The van der Waals surface area contributed by atoms with Gasteiger partial charge in [-0.05, 0) is 36.5 Å². The summed E-state index contributed by atoms with van der Waals surface area (Å²) >= 11 is 3.31. The van der Waals surface area contributed by atoms with E-state index in [1.54, 1.807) is 30.8 Å². The molecule has 0 saturated heterocycles. The van der Waals surface area contributed by atoms with E-state index in [4.69, 9.17) is 4.74 Å². The van der Waals surface area contributed by atoms with Crippen LogP contribution in [0.25, 0.3) is 10.9 Å². The molecule has 2 aromatic rings. The topological polar surface area (TPSA) is 68.6 Å². The Morgan fingerprint density at radius 1 is 1.17 bits per heavy atom. The summed E-state index contributed by atoms with van der Waals surface area (Å²) in [5.41, 5.74) is 2.74. The minimum atomic E-state index is -0.439. The van der Waals surface area contributed by atoms with Crippen molar-refractivity contribution in [3.63, 3.8) is 0 Å². The van der Waals surface area contributed by atoms with Crippen molar-refractivity contribution in [1.29, 1.82) is 0 Å². The number of rotatable bonds is 6. The van der Waals surface area contributed by atoms with Gasteiger partial charge in [0.05, 0.1) is 29.2 Å². The standard InChI is InChI=1S/C22H27BrN2O4/c1-24(2)19(27)13-25-17-11-15(22(28)29-3)9-10-16(17)20(21(25)18(26)12-23)14-7-5-4-6-8-14/h9-11,14H,4-8,12-13H2,1-3H3. The number of ether oxygens (including phenoxy) is 1. The van der Waals surface area contributed by atoms with E-state index in [1.807, 2.05) is 6.07 Å². The fourth-order valence-electron chi connectivity index (χ4n) is 4.23. The number of benzene rings is 1. The molecule has 0 aliphatic heterocycles. The van der Waals surface area contributed by atoms with E-state index in [2.05, 4.69) is 15.9 Å². The van der Waals surface area contributed by atoms with E-state index in [1.165, 1.54) is 18.4 Å². The maximum Gasteiger partial charge on any atom is 0.337 e. The fourth-order valence-corrected chi connectivity index (χ4v) is 4.50. The van der Waals surface area contributed by atoms with Crippen molar-refractivity contribution in [3.05, 3.63) is 35.0 Å². The number of carbonyl (C=O) groups excluding carboxylic acids is 3. The van der Waals surface area contributed by atoms with Crippen LogP contribution in [0.5, 0.6) is 0 Å².